The summed E-state index contributed by atoms with van der Waals surface area (Å²) in [4.78, 5) is 22.3. The third kappa shape index (κ3) is 6.71. The largest absolute Gasteiger partial charge is 0.481 e. The SMILES string of the molecule is CCCC(O)/C=C/C1CCC(=O)C1C/C=C/CCC(=O)O. The van der Waals surface area contributed by atoms with E-state index in [1.165, 1.54) is 0 Å². The number of carbonyl (C=O) groups is 2. The van der Waals surface area contributed by atoms with E-state index in [4.69, 9.17) is 5.11 Å². The van der Waals surface area contributed by atoms with E-state index in [0.29, 0.717) is 19.3 Å². The van der Waals surface area contributed by atoms with Gasteiger partial charge in [0.1, 0.15) is 5.78 Å². The van der Waals surface area contributed by atoms with Crippen LogP contribution in [0.5, 0.6) is 0 Å². The lowest BCUT2D eigenvalue weighted by Crippen LogP contribution is -2.13. The smallest absolute Gasteiger partial charge is 0.303 e. The molecule has 0 saturated heterocycles. The van der Waals surface area contributed by atoms with Gasteiger partial charge in [0.25, 0.3) is 0 Å². The number of carbonyl (C=O) groups excluding carboxylic acids is 1. The number of aliphatic hydroxyl groups is 1. The fraction of sp³-hybridized carbons (Fsp3) is 0.647. The minimum atomic E-state index is -0.803. The number of carboxylic acids is 1. The van der Waals surface area contributed by atoms with Gasteiger partial charge in [-0.2, -0.15) is 0 Å². The van der Waals surface area contributed by atoms with Gasteiger partial charge in [-0.15, -0.1) is 0 Å². The molecule has 0 radical (unpaired) electrons. The predicted octanol–water partition coefficient (Wildman–Crippen LogP) is 3.11. The average molecular weight is 294 g/mol. The summed E-state index contributed by atoms with van der Waals surface area (Å²) in [5, 5.41) is 18.3. The molecule has 0 bridgehead atoms. The third-order valence-electron chi connectivity index (χ3n) is 3.90. The Bertz CT molecular complexity index is 398. The molecule has 2 N–H and O–H groups in total. The lowest BCUT2D eigenvalue weighted by molar-refractivity contribution is -0.136. The number of hydrogen-bond acceptors (Lipinski definition) is 3. The van der Waals surface area contributed by atoms with E-state index < -0.39 is 12.1 Å². The first-order chi connectivity index (χ1) is 10.0. The summed E-state index contributed by atoms with van der Waals surface area (Å²) in [7, 11) is 0. The zero-order chi connectivity index (χ0) is 15.7. The van der Waals surface area contributed by atoms with Crippen molar-refractivity contribution < 1.29 is 19.8 Å². The molecule has 1 rings (SSSR count). The van der Waals surface area contributed by atoms with Crippen LogP contribution in [0.3, 0.4) is 0 Å². The summed E-state index contributed by atoms with van der Waals surface area (Å²) in [6, 6.07) is 0. The Morgan fingerprint density at radius 1 is 1.43 bits per heavy atom. The van der Waals surface area contributed by atoms with Gasteiger partial charge in [-0.1, -0.05) is 37.6 Å². The van der Waals surface area contributed by atoms with Gasteiger partial charge in [0.05, 0.1) is 6.10 Å². The average Bonchev–Trinajstić information content (AvgIpc) is 2.77. The van der Waals surface area contributed by atoms with E-state index in [2.05, 4.69) is 0 Å². The molecule has 118 valence electrons. The van der Waals surface area contributed by atoms with Gasteiger partial charge < -0.3 is 10.2 Å². The summed E-state index contributed by atoms with van der Waals surface area (Å²) >= 11 is 0. The number of aliphatic hydroxyl groups excluding tert-OH is 1. The fourth-order valence-corrected chi connectivity index (χ4v) is 2.70. The van der Waals surface area contributed by atoms with E-state index in [-0.39, 0.29) is 24.0 Å². The van der Waals surface area contributed by atoms with Crippen LogP contribution in [0.1, 0.15) is 51.9 Å². The molecule has 0 aromatic rings. The monoisotopic (exact) mass is 294 g/mol. The van der Waals surface area contributed by atoms with Crippen LogP contribution in [0, 0.1) is 11.8 Å². The Kier molecular flexibility index (Phi) is 7.98. The lowest BCUT2D eigenvalue weighted by Gasteiger charge is -2.13. The summed E-state index contributed by atoms with van der Waals surface area (Å²) in [5.41, 5.74) is 0. The van der Waals surface area contributed by atoms with Crippen LogP contribution in [0.4, 0.5) is 0 Å². The first kappa shape index (κ1) is 17.6. The Labute approximate surface area is 126 Å². The molecule has 1 saturated carbocycles. The van der Waals surface area contributed by atoms with Gasteiger partial charge in [-0.05, 0) is 31.6 Å². The number of aliphatic carboxylic acids is 1. The lowest BCUT2D eigenvalue weighted by atomic mass is 9.91. The van der Waals surface area contributed by atoms with Crippen molar-refractivity contribution in [2.75, 3.05) is 0 Å². The summed E-state index contributed by atoms with van der Waals surface area (Å²) in [6.45, 7) is 2.03. The highest BCUT2D eigenvalue weighted by Gasteiger charge is 2.31. The second-order valence-electron chi connectivity index (χ2n) is 5.66. The Morgan fingerprint density at radius 3 is 2.86 bits per heavy atom. The summed E-state index contributed by atoms with van der Waals surface area (Å²) in [5.74, 6) is -0.343. The number of carboxylic acid groups (broad SMARTS) is 1. The molecular weight excluding hydrogens is 268 g/mol. The van der Waals surface area contributed by atoms with Gasteiger partial charge in [0.15, 0.2) is 0 Å². The van der Waals surface area contributed by atoms with Crippen LogP contribution < -0.4 is 0 Å². The van der Waals surface area contributed by atoms with E-state index in [1.54, 1.807) is 0 Å². The molecule has 0 spiro atoms. The Morgan fingerprint density at radius 2 is 2.19 bits per heavy atom. The van der Waals surface area contributed by atoms with Crippen molar-refractivity contribution in [3.05, 3.63) is 24.3 Å². The van der Waals surface area contributed by atoms with Crippen LogP contribution >= 0.6 is 0 Å². The maximum atomic E-state index is 11.9. The van der Waals surface area contributed by atoms with E-state index in [1.807, 2.05) is 31.2 Å². The van der Waals surface area contributed by atoms with Crippen molar-refractivity contribution in [2.24, 2.45) is 11.8 Å². The highest BCUT2D eigenvalue weighted by atomic mass is 16.4. The van der Waals surface area contributed by atoms with Gasteiger partial charge in [-0.25, -0.2) is 0 Å². The predicted molar refractivity (Wildman–Crippen MR) is 81.9 cm³/mol. The van der Waals surface area contributed by atoms with Gasteiger partial charge >= 0.3 is 5.97 Å². The summed E-state index contributed by atoms with van der Waals surface area (Å²) in [6.07, 6.45) is 11.6. The fourth-order valence-electron chi connectivity index (χ4n) is 2.70. The first-order valence-electron chi connectivity index (χ1n) is 7.80. The molecule has 0 aromatic carbocycles. The molecule has 0 aromatic heterocycles. The zero-order valence-corrected chi connectivity index (χ0v) is 12.7. The highest BCUT2D eigenvalue weighted by molar-refractivity contribution is 5.83. The van der Waals surface area contributed by atoms with Crippen LogP contribution in [-0.2, 0) is 9.59 Å². The van der Waals surface area contributed by atoms with Crippen molar-refractivity contribution >= 4 is 11.8 Å². The quantitative estimate of drug-likeness (QED) is 0.641. The van der Waals surface area contributed by atoms with Crippen LogP contribution in [0.25, 0.3) is 0 Å². The molecule has 4 heteroatoms. The van der Waals surface area contributed by atoms with Crippen molar-refractivity contribution in [1.82, 2.24) is 0 Å². The van der Waals surface area contributed by atoms with Crippen LogP contribution in [0.15, 0.2) is 24.3 Å². The Balaban J connectivity index is 2.45. The molecule has 0 aliphatic heterocycles. The third-order valence-corrected chi connectivity index (χ3v) is 3.90. The zero-order valence-electron chi connectivity index (χ0n) is 12.7. The minimum absolute atomic E-state index is 0.0174. The van der Waals surface area contributed by atoms with Crippen LogP contribution in [0.2, 0.25) is 0 Å². The van der Waals surface area contributed by atoms with E-state index in [9.17, 15) is 14.7 Å². The maximum Gasteiger partial charge on any atom is 0.303 e. The van der Waals surface area contributed by atoms with Crippen molar-refractivity contribution in [1.29, 1.82) is 0 Å². The molecule has 21 heavy (non-hydrogen) atoms. The Hall–Kier alpha value is -1.42. The maximum absolute atomic E-state index is 11.9. The molecule has 3 unspecified atom stereocenters. The number of rotatable bonds is 9. The molecule has 1 aliphatic rings. The summed E-state index contributed by atoms with van der Waals surface area (Å²) < 4.78 is 0. The van der Waals surface area contributed by atoms with Gasteiger partial charge in [0, 0.05) is 18.8 Å². The molecule has 3 atom stereocenters. The molecule has 4 nitrogen and oxygen atoms in total. The number of Topliss-reactive ketones (excluding diaryl/α,β-unsaturated/α-hetero) is 1. The number of ketones is 1. The molecule has 0 amide bonds. The highest BCUT2D eigenvalue weighted by Crippen LogP contribution is 2.32. The molecule has 0 heterocycles. The first-order valence-corrected chi connectivity index (χ1v) is 7.80. The molecular formula is C17H26O4. The topological polar surface area (TPSA) is 74.6 Å². The van der Waals surface area contributed by atoms with Crippen molar-refractivity contribution in [3.63, 3.8) is 0 Å². The van der Waals surface area contributed by atoms with Crippen molar-refractivity contribution in [2.45, 2.75) is 58.0 Å². The second-order valence-corrected chi connectivity index (χ2v) is 5.66. The van der Waals surface area contributed by atoms with Crippen molar-refractivity contribution in [3.8, 4) is 0 Å². The molecule has 1 aliphatic carbocycles. The standard InChI is InChI=1S/C17H26O4/c1-2-6-14(18)11-9-13-10-12-16(19)15(13)7-4-3-5-8-17(20)21/h3-4,9,11,13-15,18H,2,5-8,10,12H2,1H3,(H,20,21)/b4-3+,11-9+. The van der Waals surface area contributed by atoms with Crippen LogP contribution in [-0.4, -0.2) is 28.1 Å². The molecule has 1 fully saturated rings. The van der Waals surface area contributed by atoms with E-state index >= 15 is 0 Å². The minimum Gasteiger partial charge on any atom is -0.481 e. The second kappa shape index (κ2) is 9.50. The number of hydrogen-bond donors (Lipinski definition) is 2. The van der Waals surface area contributed by atoms with E-state index in [0.717, 1.165) is 19.3 Å². The number of allylic oxidation sites excluding steroid dienone is 3. The van der Waals surface area contributed by atoms with Gasteiger partial charge in [0.2, 0.25) is 0 Å². The van der Waals surface area contributed by atoms with Gasteiger partial charge in [-0.3, -0.25) is 9.59 Å². The normalized spacial score (nSPS) is 24.2.